The number of aromatic nitrogens is 1. The summed E-state index contributed by atoms with van der Waals surface area (Å²) in [6.45, 7) is 2.14. The molecule has 1 heterocycles. The van der Waals surface area contributed by atoms with E-state index < -0.39 is 0 Å². The number of ether oxygens (including phenoxy) is 2. The van der Waals surface area contributed by atoms with Gasteiger partial charge in [-0.25, -0.2) is 0 Å². The second-order valence-electron chi connectivity index (χ2n) is 5.92. The molecule has 3 aromatic rings. The molecule has 0 spiro atoms. The molecular formula is C21H22ClN2O2+. The summed E-state index contributed by atoms with van der Waals surface area (Å²) in [5.41, 5.74) is 3.26. The van der Waals surface area contributed by atoms with Gasteiger partial charge >= 0.3 is 0 Å². The second-order valence-corrected chi connectivity index (χ2v) is 6.36. The van der Waals surface area contributed by atoms with Gasteiger partial charge in [0.05, 0.1) is 12.8 Å². The molecule has 0 saturated carbocycles. The summed E-state index contributed by atoms with van der Waals surface area (Å²) in [5, 5.41) is 2.92. The zero-order valence-electron chi connectivity index (χ0n) is 14.7. The molecule has 4 nitrogen and oxygen atoms in total. The van der Waals surface area contributed by atoms with Crippen LogP contribution in [0.15, 0.2) is 66.9 Å². The van der Waals surface area contributed by atoms with Crippen LogP contribution in [0.1, 0.15) is 16.8 Å². The Labute approximate surface area is 158 Å². The van der Waals surface area contributed by atoms with Crippen molar-refractivity contribution in [1.29, 1.82) is 0 Å². The van der Waals surface area contributed by atoms with Gasteiger partial charge in [0.15, 0.2) is 11.5 Å². The fraction of sp³-hybridized carbons (Fsp3) is 0.190. The minimum Gasteiger partial charge on any atom is -0.493 e. The smallest absolute Gasteiger partial charge is 0.161 e. The van der Waals surface area contributed by atoms with Gasteiger partial charge in [-0.2, -0.15) is 0 Å². The highest BCUT2D eigenvalue weighted by atomic mass is 35.5. The first-order chi connectivity index (χ1) is 12.7. The van der Waals surface area contributed by atoms with Crippen LogP contribution >= 0.6 is 11.6 Å². The predicted octanol–water partition coefficient (Wildman–Crippen LogP) is 3.59. The third kappa shape index (κ3) is 5.22. The maximum absolute atomic E-state index is 6.01. The van der Waals surface area contributed by atoms with E-state index in [0.29, 0.717) is 11.6 Å². The second kappa shape index (κ2) is 9.22. The van der Waals surface area contributed by atoms with Crippen LogP contribution in [0.3, 0.4) is 0 Å². The van der Waals surface area contributed by atoms with Gasteiger partial charge in [0.25, 0.3) is 0 Å². The summed E-state index contributed by atoms with van der Waals surface area (Å²) in [5.74, 6) is 1.46. The molecule has 0 unspecified atom stereocenters. The summed E-state index contributed by atoms with van der Waals surface area (Å²) < 4.78 is 11.4. The van der Waals surface area contributed by atoms with E-state index in [9.17, 15) is 0 Å². The lowest BCUT2D eigenvalue weighted by Gasteiger charge is -2.12. The van der Waals surface area contributed by atoms with Gasteiger partial charge in [-0.05, 0) is 48.0 Å². The van der Waals surface area contributed by atoms with Crippen molar-refractivity contribution in [2.75, 3.05) is 7.11 Å². The predicted molar refractivity (Wildman–Crippen MR) is 102 cm³/mol. The average molecular weight is 370 g/mol. The van der Waals surface area contributed by atoms with Crippen LogP contribution in [0.25, 0.3) is 0 Å². The molecule has 0 aliphatic heterocycles. The molecular weight excluding hydrogens is 348 g/mol. The number of methoxy groups -OCH3 is 1. The number of halogens is 1. The summed E-state index contributed by atoms with van der Waals surface area (Å²) in [6.07, 6.45) is 1.82. The van der Waals surface area contributed by atoms with E-state index in [1.54, 1.807) is 7.11 Å². The molecule has 0 amide bonds. The molecule has 0 atom stereocenters. The molecule has 2 N–H and O–H groups in total. The Morgan fingerprint density at radius 3 is 2.62 bits per heavy atom. The Morgan fingerprint density at radius 1 is 0.923 bits per heavy atom. The van der Waals surface area contributed by atoms with E-state index in [2.05, 4.69) is 16.4 Å². The molecule has 0 fully saturated rings. The van der Waals surface area contributed by atoms with E-state index >= 15 is 0 Å². The van der Waals surface area contributed by atoms with Crippen molar-refractivity contribution in [2.24, 2.45) is 0 Å². The zero-order valence-corrected chi connectivity index (χ0v) is 15.4. The average Bonchev–Trinajstić information content (AvgIpc) is 2.67. The monoisotopic (exact) mass is 369 g/mol. The van der Waals surface area contributed by atoms with Crippen molar-refractivity contribution in [1.82, 2.24) is 4.98 Å². The van der Waals surface area contributed by atoms with E-state index in [4.69, 9.17) is 21.1 Å². The molecule has 2 aromatic carbocycles. The molecule has 0 radical (unpaired) electrons. The Kier molecular flexibility index (Phi) is 6.47. The van der Waals surface area contributed by atoms with Crippen molar-refractivity contribution >= 4 is 11.6 Å². The Hall–Kier alpha value is -2.56. The van der Waals surface area contributed by atoms with Gasteiger partial charge < -0.3 is 14.8 Å². The van der Waals surface area contributed by atoms with Crippen LogP contribution in [0.5, 0.6) is 11.5 Å². The van der Waals surface area contributed by atoms with Crippen molar-refractivity contribution in [3.8, 4) is 11.5 Å². The van der Waals surface area contributed by atoms with E-state index in [1.165, 1.54) is 5.56 Å². The zero-order chi connectivity index (χ0) is 18.2. The third-order valence-corrected chi connectivity index (χ3v) is 4.21. The van der Waals surface area contributed by atoms with Crippen molar-refractivity contribution in [2.45, 2.75) is 19.7 Å². The SMILES string of the molecule is COc1cc(C[NH2+]Cc2ccccn2)ccc1OCc1cccc(Cl)c1. The number of rotatable bonds is 8. The normalized spacial score (nSPS) is 10.5. The number of pyridine rings is 1. The number of nitrogens with two attached hydrogens (primary N) is 1. The van der Waals surface area contributed by atoms with Crippen molar-refractivity contribution < 1.29 is 14.8 Å². The van der Waals surface area contributed by atoms with Crippen LogP contribution in [-0.2, 0) is 19.7 Å². The van der Waals surface area contributed by atoms with Crippen molar-refractivity contribution in [3.05, 3.63) is 88.7 Å². The van der Waals surface area contributed by atoms with Crippen molar-refractivity contribution in [3.63, 3.8) is 0 Å². The maximum atomic E-state index is 6.01. The summed E-state index contributed by atoms with van der Waals surface area (Å²) in [7, 11) is 1.66. The summed E-state index contributed by atoms with van der Waals surface area (Å²) >= 11 is 6.01. The van der Waals surface area contributed by atoms with Gasteiger partial charge in [0.1, 0.15) is 19.7 Å². The Bertz CT molecular complexity index is 840. The van der Waals surface area contributed by atoms with Crippen LogP contribution < -0.4 is 14.8 Å². The lowest BCUT2D eigenvalue weighted by Crippen LogP contribution is -2.80. The Balaban J connectivity index is 1.58. The quantitative estimate of drug-likeness (QED) is 0.660. The third-order valence-electron chi connectivity index (χ3n) is 3.97. The molecule has 26 heavy (non-hydrogen) atoms. The van der Waals surface area contributed by atoms with Crippen LogP contribution in [-0.4, -0.2) is 12.1 Å². The van der Waals surface area contributed by atoms with Gasteiger partial charge in [0.2, 0.25) is 0 Å². The molecule has 1 aromatic heterocycles. The number of hydrogen-bond acceptors (Lipinski definition) is 3. The molecule has 0 saturated heterocycles. The minimum absolute atomic E-state index is 0.446. The number of nitrogens with zero attached hydrogens (tertiary/aromatic N) is 1. The molecule has 134 valence electrons. The molecule has 5 heteroatoms. The lowest BCUT2D eigenvalue weighted by atomic mass is 10.2. The van der Waals surface area contributed by atoms with Gasteiger partial charge in [-0.15, -0.1) is 0 Å². The topological polar surface area (TPSA) is 48.0 Å². The van der Waals surface area contributed by atoms with Gasteiger partial charge in [0, 0.05) is 16.8 Å². The first-order valence-electron chi connectivity index (χ1n) is 8.50. The molecule has 0 bridgehead atoms. The highest BCUT2D eigenvalue weighted by molar-refractivity contribution is 6.30. The number of hydrogen-bond donors (Lipinski definition) is 1. The molecule has 3 rings (SSSR count). The number of quaternary nitrogens is 1. The summed E-state index contributed by atoms with van der Waals surface area (Å²) in [6, 6.07) is 19.6. The summed E-state index contributed by atoms with van der Waals surface area (Å²) in [4.78, 5) is 4.33. The lowest BCUT2D eigenvalue weighted by molar-refractivity contribution is -0.686. The van der Waals surface area contributed by atoms with E-state index in [-0.39, 0.29) is 0 Å². The van der Waals surface area contributed by atoms with Crippen LogP contribution in [0.4, 0.5) is 0 Å². The van der Waals surface area contributed by atoms with E-state index in [0.717, 1.165) is 35.8 Å². The van der Waals surface area contributed by atoms with Gasteiger partial charge in [-0.1, -0.05) is 29.8 Å². The number of benzene rings is 2. The maximum Gasteiger partial charge on any atom is 0.161 e. The molecule has 0 aliphatic rings. The first-order valence-corrected chi connectivity index (χ1v) is 8.88. The minimum atomic E-state index is 0.446. The fourth-order valence-corrected chi connectivity index (χ4v) is 2.86. The first kappa shape index (κ1) is 18.2. The molecule has 0 aliphatic carbocycles. The fourth-order valence-electron chi connectivity index (χ4n) is 2.65. The van der Waals surface area contributed by atoms with Crippen LogP contribution in [0, 0.1) is 0 Å². The van der Waals surface area contributed by atoms with Gasteiger partial charge in [-0.3, -0.25) is 4.98 Å². The highest BCUT2D eigenvalue weighted by Gasteiger charge is 2.08. The largest absolute Gasteiger partial charge is 0.493 e. The van der Waals surface area contributed by atoms with Crippen LogP contribution in [0.2, 0.25) is 5.02 Å². The standard InChI is InChI=1S/C21H21ClN2O2/c1-25-21-12-16(13-23-14-19-7-2-3-10-24-19)8-9-20(21)26-15-17-5-4-6-18(22)11-17/h2-12,23H,13-15H2,1H3/p+1. The highest BCUT2D eigenvalue weighted by Crippen LogP contribution is 2.28. The Morgan fingerprint density at radius 2 is 1.85 bits per heavy atom. The van der Waals surface area contributed by atoms with E-state index in [1.807, 2.05) is 60.8 Å².